The molecule has 0 aromatic heterocycles. The second-order valence-corrected chi connectivity index (χ2v) is 6.86. The van der Waals surface area contributed by atoms with Crippen LogP contribution in [0.5, 0.6) is 0 Å². The van der Waals surface area contributed by atoms with Crippen LogP contribution in [-0.2, 0) is 0 Å². The molecule has 0 bridgehead atoms. The lowest BCUT2D eigenvalue weighted by Crippen LogP contribution is -1.81. The second kappa shape index (κ2) is 21.6. The minimum atomic E-state index is 1.10. The SMILES string of the molecule is [CH2]CCCCCCCCCC#CCCCCCCCCCC[CH2]. The first kappa shape index (κ1) is 22.6. The fourth-order valence-electron chi connectivity index (χ4n) is 2.90. The Bertz CT molecular complexity index is 255. The van der Waals surface area contributed by atoms with E-state index in [1.165, 1.54) is 96.3 Å². The van der Waals surface area contributed by atoms with Crippen LogP contribution in [-0.4, -0.2) is 0 Å². The average molecular weight is 319 g/mol. The van der Waals surface area contributed by atoms with Crippen molar-refractivity contribution in [3.05, 3.63) is 13.8 Å². The fraction of sp³-hybridized carbons (Fsp3) is 0.826. The molecule has 0 rings (SSSR count). The van der Waals surface area contributed by atoms with E-state index in [0.717, 1.165) is 25.7 Å². The highest BCUT2D eigenvalue weighted by molar-refractivity contribution is 4.98. The molecule has 0 heteroatoms. The molecule has 0 aromatic carbocycles. The van der Waals surface area contributed by atoms with Crippen molar-refractivity contribution in [2.24, 2.45) is 0 Å². The molecular formula is C23H42. The Balaban J connectivity index is 3.07. The largest absolute Gasteiger partial charge is 0.103 e. The molecule has 0 N–H and O–H groups in total. The van der Waals surface area contributed by atoms with Gasteiger partial charge in [-0.2, -0.15) is 0 Å². The molecule has 0 aliphatic rings. The highest BCUT2D eigenvalue weighted by Crippen LogP contribution is 2.11. The van der Waals surface area contributed by atoms with Crippen molar-refractivity contribution < 1.29 is 0 Å². The third-order valence-corrected chi connectivity index (χ3v) is 4.48. The Morgan fingerprint density at radius 1 is 0.348 bits per heavy atom. The molecule has 0 fully saturated rings. The summed E-state index contributed by atoms with van der Waals surface area (Å²) >= 11 is 0. The van der Waals surface area contributed by atoms with E-state index >= 15 is 0 Å². The van der Waals surface area contributed by atoms with Crippen molar-refractivity contribution >= 4 is 0 Å². The molecule has 0 heterocycles. The van der Waals surface area contributed by atoms with Crippen molar-refractivity contribution in [1.82, 2.24) is 0 Å². The molecule has 2 radical (unpaired) electrons. The first-order valence-electron chi connectivity index (χ1n) is 10.5. The van der Waals surface area contributed by atoms with Crippen LogP contribution in [0.2, 0.25) is 0 Å². The molecule has 0 aliphatic carbocycles. The van der Waals surface area contributed by atoms with Gasteiger partial charge in [0, 0.05) is 12.8 Å². The topological polar surface area (TPSA) is 0 Å². The molecule has 0 saturated carbocycles. The predicted octanol–water partition coefficient (Wildman–Crippen LogP) is 8.07. The Morgan fingerprint density at radius 2 is 0.609 bits per heavy atom. The highest BCUT2D eigenvalue weighted by atomic mass is 14.0. The summed E-state index contributed by atoms with van der Waals surface area (Å²) < 4.78 is 0. The Morgan fingerprint density at radius 3 is 0.913 bits per heavy atom. The van der Waals surface area contributed by atoms with Gasteiger partial charge in [-0.05, 0) is 12.8 Å². The van der Waals surface area contributed by atoms with Gasteiger partial charge in [-0.3, -0.25) is 0 Å². The van der Waals surface area contributed by atoms with Crippen molar-refractivity contribution in [2.45, 2.75) is 122 Å². The fourth-order valence-corrected chi connectivity index (χ4v) is 2.90. The molecule has 0 amide bonds. The van der Waals surface area contributed by atoms with Gasteiger partial charge < -0.3 is 0 Å². The Hall–Kier alpha value is -0.440. The van der Waals surface area contributed by atoms with Crippen LogP contribution in [0.25, 0.3) is 0 Å². The van der Waals surface area contributed by atoms with Crippen molar-refractivity contribution in [2.75, 3.05) is 0 Å². The van der Waals surface area contributed by atoms with E-state index in [2.05, 4.69) is 25.7 Å². The van der Waals surface area contributed by atoms with Gasteiger partial charge in [0.25, 0.3) is 0 Å². The van der Waals surface area contributed by atoms with Crippen LogP contribution < -0.4 is 0 Å². The molecule has 134 valence electrons. The van der Waals surface area contributed by atoms with Gasteiger partial charge in [0.1, 0.15) is 0 Å². The highest BCUT2D eigenvalue weighted by Gasteiger charge is 1.92. The minimum Gasteiger partial charge on any atom is -0.103 e. The van der Waals surface area contributed by atoms with E-state index in [4.69, 9.17) is 0 Å². The molecule has 0 saturated heterocycles. The van der Waals surface area contributed by atoms with E-state index < -0.39 is 0 Å². The van der Waals surface area contributed by atoms with E-state index in [1.807, 2.05) is 0 Å². The van der Waals surface area contributed by atoms with Crippen LogP contribution in [0, 0.1) is 25.7 Å². The molecule has 0 atom stereocenters. The number of unbranched alkanes of at least 4 members (excludes halogenated alkanes) is 17. The zero-order valence-electron chi connectivity index (χ0n) is 15.8. The summed E-state index contributed by atoms with van der Waals surface area (Å²) in [4.78, 5) is 0. The average Bonchev–Trinajstić information content (AvgIpc) is 2.57. The smallest absolute Gasteiger partial charge is 0.00886 e. The predicted molar refractivity (Wildman–Crippen MR) is 106 cm³/mol. The monoisotopic (exact) mass is 318 g/mol. The van der Waals surface area contributed by atoms with Gasteiger partial charge in [-0.15, -0.1) is 11.8 Å². The van der Waals surface area contributed by atoms with Gasteiger partial charge in [-0.25, -0.2) is 0 Å². The quantitative estimate of drug-likeness (QED) is 0.188. The third kappa shape index (κ3) is 21.6. The summed E-state index contributed by atoms with van der Waals surface area (Å²) in [5.41, 5.74) is 0. The van der Waals surface area contributed by atoms with Gasteiger partial charge in [0.05, 0.1) is 0 Å². The number of hydrogen-bond donors (Lipinski definition) is 0. The van der Waals surface area contributed by atoms with Crippen molar-refractivity contribution in [3.8, 4) is 11.8 Å². The van der Waals surface area contributed by atoms with Gasteiger partial charge in [0.15, 0.2) is 0 Å². The molecule has 0 unspecified atom stereocenters. The summed E-state index contributed by atoms with van der Waals surface area (Å²) in [6.07, 6.45) is 25.0. The van der Waals surface area contributed by atoms with E-state index in [1.54, 1.807) is 0 Å². The lowest BCUT2D eigenvalue weighted by atomic mass is 10.1. The lowest BCUT2D eigenvalue weighted by molar-refractivity contribution is 0.572. The first-order valence-corrected chi connectivity index (χ1v) is 10.5. The molecule has 0 nitrogen and oxygen atoms in total. The zero-order valence-corrected chi connectivity index (χ0v) is 15.8. The van der Waals surface area contributed by atoms with E-state index in [-0.39, 0.29) is 0 Å². The Labute approximate surface area is 148 Å². The standard InChI is InChI=1S/C23H42/c1-3-5-7-9-11-13-15-17-19-21-23-22-20-18-16-14-12-10-8-6-4-2/h1-21H2. The second-order valence-electron chi connectivity index (χ2n) is 6.86. The minimum absolute atomic E-state index is 1.10. The van der Waals surface area contributed by atoms with Gasteiger partial charge in [0.2, 0.25) is 0 Å². The molecule has 0 spiro atoms. The molecular weight excluding hydrogens is 276 g/mol. The van der Waals surface area contributed by atoms with Crippen LogP contribution >= 0.6 is 0 Å². The summed E-state index contributed by atoms with van der Waals surface area (Å²) in [5, 5.41) is 0. The van der Waals surface area contributed by atoms with Crippen LogP contribution in [0.4, 0.5) is 0 Å². The summed E-state index contributed by atoms with van der Waals surface area (Å²) in [7, 11) is 0. The van der Waals surface area contributed by atoms with Crippen molar-refractivity contribution in [3.63, 3.8) is 0 Å². The van der Waals surface area contributed by atoms with Crippen molar-refractivity contribution in [1.29, 1.82) is 0 Å². The summed E-state index contributed by atoms with van der Waals surface area (Å²) in [6, 6.07) is 0. The van der Waals surface area contributed by atoms with Gasteiger partial charge >= 0.3 is 0 Å². The van der Waals surface area contributed by atoms with Crippen LogP contribution in [0.15, 0.2) is 0 Å². The van der Waals surface area contributed by atoms with Crippen LogP contribution in [0.3, 0.4) is 0 Å². The zero-order chi connectivity index (χ0) is 16.8. The van der Waals surface area contributed by atoms with Gasteiger partial charge in [-0.1, -0.05) is 110 Å². The maximum atomic E-state index is 3.89. The normalized spacial score (nSPS) is 10.5. The van der Waals surface area contributed by atoms with E-state index in [9.17, 15) is 0 Å². The third-order valence-electron chi connectivity index (χ3n) is 4.48. The summed E-state index contributed by atoms with van der Waals surface area (Å²) in [5.74, 6) is 6.72. The number of rotatable bonds is 17. The van der Waals surface area contributed by atoms with Crippen LogP contribution in [0.1, 0.15) is 122 Å². The Kier molecular flexibility index (Phi) is 21.1. The van der Waals surface area contributed by atoms with E-state index in [0.29, 0.717) is 0 Å². The molecule has 0 aliphatic heterocycles. The molecule has 0 aromatic rings. The number of hydrogen-bond acceptors (Lipinski definition) is 0. The first-order chi connectivity index (χ1) is 11.4. The summed E-state index contributed by atoms with van der Waals surface area (Å²) in [6.45, 7) is 7.77. The maximum absolute atomic E-state index is 3.89. The lowest BCUT2D eigenvalue weighted by Gasteiger charge is -2.00. The maximum Gasteiger partial charge on any atom is 0.00886 e. The molecule has 23 heavy (non-hydrogen) atoms.